The predicted octanol–water partition coefficient (Wildman–Crippen LogP) is 2.22. The summed E-state index contributed by atoms with van der Waals surface area (Å²) >= 11 is 1.92. The quantitative estimate of drug-likeness (QED) is 0.675. The number of hydrogen-bond acceptors (Lipinski definition) is 3. The zero-order valence-corrected chi connectivity index (χ0v) is 10.9. The molecule has 1 aliphatic rings. The highest BCUT2D eigenvalue weighted by molar-refractivity contribution is 7.99. The fraction of sp³-hybridized carbons (Fsp3) is 0.917. The number of aliphatic carboxylic acids is 1. The van der Waals surface area contributed by atoms with Gasteiger partial charge in [-0.2, -0.15) is 11.8 Å². The maximum absolute atomic E-state index is 11.1. The zero-order valence-electron chi connectivity index (χ0n) is 10.1. The smallest absolute Gasteiger partial charge is 0.306 e. The van der Waals surface area contributed by atoms with Crippen LogP contribution in [-0.4, -0.2) is 35.7 Å². The Morgan fingerprint density at radius 1 is 1.44 bits per heavy atom. The van der Waals surface area contributed by atoms with Gasteiger partial charge >= 0.3 is 5.97 Å². The number of hydrogen-bond donors (Lipinski definition) is 2. The first-order chi connectivity index (χ1) is 7.75. The molecule has 2 atom stereocenters. The van der Waals surface area contributed by atoms with Crippen LogP contribution in [0.4, 0.5) is 0 Å². The molecule has 0 aromatic heterocycles. The van der Waals surface area contributed by atoms with Crippen molar-refractivity contribution in [1.82, 2.24) is 5.32 Å². The Kier molecular flexibility index (Phi) is 6.88. The molecule has 0 aromatic carbocycles. The molecule has 1 fully saturated rings. The molecule has 94 valence electrons. The second kappa shape index (κ2) is 7.96. The van der Waals surface area contributed by atoms with Gasteiger partial charge in [-0.05, 0) is 31.1 Å². The van der Waals surface area contributed by atoms with Gasteiger partial charge in [0.2, 0.25) is 0 Å². The Balaban J connectivity index is 2.19. The third-order valence-corrected chi connectivity index (χ3v) is 4.16. The summed E-state index contributed by atoms with van der Waals surface area (Å²) in [7, 11) is 0. The first-order valence-electron chi connectivity index (χ1n) is 6.27. The normalized spacial score (nSPS) is 25.6. The van der Waals surface area contributed by atoms with E-state index in [0.717, 1.165) is 43.9 Å². The van der Waals surface area contributed by atoms with Gasteiger partial charge in [0.05, 0.1) is 5.92 Å². The SMILES string of the molecule is CCSCCNCC1CCCCC1C(=O)O. The van der Waals surface area contributed by atoms with Crippen LogP contribution >= 0.6 is 11.8 Å². The molecule has 2 unspecified atom stereocenters. The Bertz CT molecular complexity index is 211. The van der Waals surface area contributed by atoms with Crippen LogP contribution in [0, 0.1) is 11.8 Å². The van der Waals surface area contributed by atoms with Crippen LogP contribution in [-0.2, 0) is 4.79 Å². The van der Waals surface area contributed by atoms with Crippen molar-refractivity contribution in [2.75, 3.05) is 24.6 Å². The largest absolute Gasteiger partial charge is 0.481 e. The molecule has 0 aromatic rings. The molecule has 3 nitrogen and oxygen atoms in total. The van der Waals surface area contributed by atoms with E-state index in [9.17, 15) is 4.79 Å². The summed E-state index contributed by atoms with van der Waals surface area (Å²) < 4.78 is 0. The zero-order chi connectivity index (χ0) is 11.8. The summed E-state index contributed by atoms with van der Waals surface area (Å²) in [5.41, 5.74) is 0. The molecule has 0 amide bonds. The predicted molar refractivity (Wildman–Crippen MR) is 69.0 cm³/mol. The third kappa shape index (κ3) is 4.74. The Morgan fingerprint density at radius 3 is 2.88 bits per heavy atom. The van der Waals surface area contributed by atoms with E-state index in [-0.39, 0.29) is 5.92 Å². The molecule has 16 heavy (non-hydrogen) atoms. The van der Waals surface area contributed by atoms with Gasteiger partial charge in [-0.1, -0.05) is 19.8 Å². The lowest BCUT2D eigenvalue weighted by molar-refractivity contribution is -0.144. The molecule has 0 saturated heterocycles. The molecule has 0 heterocycles. The van der Waals surface area contributed by atoms with Gasteiger partial charge in [0.25, 0.3) is 0 Å². The molecule has 4 heteroatoms. The van der Waals surface area contributed by atoms with E-state index >= 15 is 0 Å². The van der Waals surface area contributed by atoms with Gasteiger partial charge in [-0.25, -0.2) is 0 Å². The van der Waals surface area contributed by atoms with Crippen molar-refractivity contribution in [3.8, 4) is 0 Å². The molecule has 0 spiro atoms. The fourth-order valence-corrected chi connectivity index (χ4v) is 2.93. The molecule has 0 bridgehead atoms. The highest BCUT2D eigenvalue weighted by Gasteiger charge is 2.30. The van der Waals surface area contributed by atoms with E-state index in [1.54, 1.807) is 0 Å². The van der Waals surface area contributed by atoms with Gasteiger partial charge < -0.3 is 10.4 Å². The number of carboxylic acids is 1. The fourth-order valence-electron chi connectivity index (χ4n) is 2.35. The number of carboxylic acid groups (broad SMARTS) is 1. The molecule has 2 N–H and O–H groups in total. The maximum Gasteiger partial charge on any atom is 0.306 e. The van der Waals surface area contributed by atoms with Crippen LogP contribution in [0.25, 0.3) is 0 Å². The van der Waals surface area contributed by atoms with Crippen molar-refractivity contribution in [1.29, 1.82) is 0 Å². The molecular formula is C12H23NO2S. The molecule has 0 aliphatic heterocycles. The van der Waals surface area contributed by atoms with Crippen LogP contribution in [0.5, 0.6) is 0 Å². The van der Waals surface area contributed by atoms with Gasteiger partial charge in [0.15, 0.2) is 0 Å². The standard InChI is InChI=1S/C12H23NO2S/c1-2-16-8-7-13-9-10-5-3-4-6-11(10)12(14)15/h10-11,13H,2-9H2,1H3,(H,14,15). The van der Waals surface area contributed by atoms with Crippen molar-refractivity contribution in [2.45, 2.75) is 32.6 Å². The van der Waals surface area contributed by atoms with Crippen LogP contribution in [0.3, 0.4) is 0 Å². The summed E-state index contributed by atoms with van der Waals surface area (Å²) in [6.45, 7) is 4.04. The highest BCUT2D eigenvalue weighted by Crippen LogP contribution is 2.29. The lowest BCUT2D eigenvalue weighted by Crippen LogP contribution is -2.35. The van der Waals surface area contributed by atoms with Crippen LogP contribution in [0.1, 0.15) is 32.6 Å². The lowest BCUT2D eigenvalue weighted by Gasteiger charge is -2.28. The van der Waals surface area contributed by atoms with Crippen LogP contribution in [0.2, 0.25) is 0 Å². The average molecular weight is 245 g/mol. The van der Waals surface area contributed by atoms with Crippen LogP contribution < -0.4 is 5.32 Å². The van der Waals surface area contributed by atoms with Crippen molar-refractivity contribution in [3.05, 3.63) is 0 Å². The van der Waals surface area contributed by atoms with E-state index in [4.69, 9.17) is 5.11 Å². The van der Waals surface area contributed by atoms with E-state index in [0.29, 0.717) is 5.92 Å². The number of nitrogens with one attached hydrogen (secondary N) is 1. The van der Waals surface area contributed by atoms with Crippen molar-refractivity contribution in [2.24, 2.45) is 11.8 Å². The van der Waals surface area contributed by atoms with E-state index in [2.05, 4.69) is 12.2 Å². The molecule has 1 rings (SSSR count). The Morgan fingerprint density at radius 2 is 2.19 bits per heavy atom. The first kappa shape index (κ1) is 13.8. The summed E-state index contributed by atoms with van der Waals surface area (Å²) in [6.07, 6.45) is 4.22. The van der Waals surface area contributed by atoms with Crippen molar-refractivity contribution in [3.63, 3.8) is 0 Å². The Hall–Kier alpha value is -0.220. The van der Waals surface area contributed by atoms with Gasteiger partial charge in [0.1, 0.15) is 0 Å². The summed E-state index contributed by atoms with van der Waals surface area (Å²) in [5.74, 6) is 1.91. The monoisotopic (exact) mass is 245 g/mol. The van der Waals surface area contributed by atoms with E-state index < -0.39 is 5.97 Å². The third-order valence-electron chi connectivity index (χ3n) is 3.26. The van der Waals surface area contributed by atoms with E-state index in [1.807, 2.05) is 11.8 Å². The summed E-state index contributed by atoms with van der Waals surface area (Å²) in [6, 6.07) is 0. The summed E-state index contributed by atoms with van der Waals surface area (Å²) in [5, 5.41) is 12.5. The molecular weight excluding hydrogens is 222 g/mol. The van der Waals surface area contributed by atoms with Gasteiger partial charge in [-0.15, -0.1) is 0 Å². The Labute approximate surface area is 102 Å². The average Bonchev–Trinajstić information content (AvgIpc) is 2.29. The first-order valence-corrected chi connectivity index (χ1v) is 7.42. The molecule has 1 saturated carbocycles. The minimum absolute atomic E-state index is 0.111. The number of rotatable bonds is 7. The second-order valence-electron chi connectivity index (χ2n) is 4.39. The second-order valence-corrected chi connectivity index (χ2v) is 5.78. The maximum atomic E-state index is 11.1. The minimum Gasteiger partial charge on any atom is -0.481 e. The number of carbonyl (C=O) groups is 1. The van der Waals surface area contributed by atoms with Crippen molar-refractivity contribution < 1.29 is 9.90 Å². The van der Waals surface area contributed by atoms with Crippen molar-refractivity contribution >= 4 is 17.7 Å². The highest BCUT2D eigenvalue weighted by atomic mass is 32.2. The lowest BCUT2D eigenvalue weighted by atomic mass is 9.79. The summed E-state index contributed by atoms with van der Waals surface area (Å²) in [4.78, 5) is 11.1. The number of thioether (sulfide) groups is 1. The van der Waals surface area contributed by atoms with Crippen LogP contribution in [0.15, 0.2) is 0 Å². The molecule has 0 radical (unpaired) electrons. The van der Waals surface area contributed by atoms with Gasteiger partial charge in [-0.3, -0.25) is 4.79 Å². The van der Waals surface area contributed by atoms with Gasteiger partial charge in [0, 0.05) is 12.3 Å². The van der Waals surface area contributed by atoms with E-state index in [1.165, 1.54) is 6.42 Å². The topological polar surface area (TPSA) is 49.3 Å². The minimum atomic E-state index is -0.602. The molecule has 1 aliphatic carbocycles.